The first-order chi connectivity index (χ1) is 14.1. The van der Waals surface area contributed by atoms with Crippen LogP contribution in [0.3, 0.4) is 0 Å². The lowest BCUT2D eigenvalue weighted by Crippen LogP contribution is -2.31. The average molecular weight is 393 g/mol. The standard InChI is InChI=1S/C23H27N3O3/c1-13-15-9-10-26(23(15)25-12-24-13)19-11-18(21(28)22(19)29)20(27)17-8-4-6-14-5-2-3-7-16(14)17/h4,6,8-10,12,18-22,27-29H,2-3,5,7,11H2,1H3/t18-,19-,20+,21-,22+/m1/s1. The summed E-state index contributed by atoms with van der Waals surface area (Å²) in [7, 11) is 0. The zero-order valence-electron chi connectivity index (χ0n) is 16.6. The Bertz CT molecular complexity index is 1050. The van der Waals surface area contributed by atoms with E-state index in [1.165, 1.54) is 23.9 Å². The summed E-state index contributed by atoms with van der Waals surface area (Å²) < 4.78 is 1.92. The first-order valence-corrected chi connectivity index (χ1v) is 10.5. The smallest absolute Gasteiger partial charge is 0.143 e. The number of aliphatic hydroxyl groups is 3. The highest BCUT2D eigenvalue weighted by molar-refractivity contribution is 5.78. The Kier molecular flexibility index (Phi) is 4.65. The largest absolute Gasteiger partial charge is 0.390 e. The van der Waals surface area contributed by atoms with Gasteiger partial charge in [-0.3, -0.25) is 0 Å². The van der Waals surface area contributed by atoms with Crippen LogP contribution in [0.15, 0.2) is 36.8 Å². The van der Waals surface area contributed by atoms with Crippen LogP contribution in [0.25, 0.3) is 11.0 Å². The third kappa shape index (κ3) is 2.98. The highest BCUT2D eigenvalue weighted by Gasteiger charge is 2.46. The number of aliphatic hydroxyl groups excluding tert-OH is 3. The van der Waals surface area contributed by atoms with Gasteiger partial charge in [0.25, 0.3) is 0 Å². The molecule has 152 valence electrons. The minimum Gasteiger partial charge on any atom is -0.390 e. The number of rotatable bonds is 3. The first kappa shape index (κ1) is 18.7. The van der Waals surface area contributed by atoms with E-state index in [9.17, 15) is 15.3 Å². The van der Waals surface area contributed by atoms with Gasteiger partial charge in [0, 0.05) is 17.5 Å². The molecule has 3 aromatic rings. The van der Waals surface area contributed by atoms with Crippen molar-refractivity contribution in [1.82, 2.24) is 14.5 Å². The summed E-state index contributed by atoms with van der Waals surface area (Å²) in [6, 6.07) is 7.72. The van der Waals surface area contributed by atoms with E-state index in [1.807, 2.05) is 35.9 Å². The molecule has 0 unspecified atom stereocenters. The summed E-state index contributed by atoms with van der Waals surface area (Å²) >= 11 is 0. The molecule has 1 aromatic carbocycles. The Balaban J connectivity index is 1.48. The van der Waals surface area contributed by atoms with Crippen LogP contribution in [-0.4, -0.2) is 42.1 Å². The van der Waals surface area contributed by atoms with E-state index >= 15 is 0 Å². The van der Waals surface area contributed by atoms with Crippen molar-refractivity contribution >= 4 is 11.0 Å². The van der Waals surface area contributed by atoms with Crippen LogP contribution in [0, 0.1) is 12.8 Å². The van der Waals surface area contributed by atoms with Crippen molar-refractivity contribution in [2.75, 3.05) is 0 Å². The Morgan fingerprint density at radius 3 is 2.76 bits per heavy atom. The maximum absolute atomic E-state index is 11.2. The molecule has 2 aromatic heterocycles. The highest BCUT2D eigenvalue weighted by atomic mass is 16.3. The number of aromatic nitrogens is 3. The second-order valence-electron chi connectivity index (χ2n) is 8.50. The van der Waals surface area contributed by atoms with E-state index < -0.39 is 24.2 Å². The van der Waals surface area contributed by atoms with Gasteiger partial charge < -0.3 is 19.9 Å². The van der Waals surface area contributed by atoms with Gasteiger partial charge in [-0.1, -0.05) is 18.2 Å². The van der Waals surface area contributed by atoms with Crippen LogP contribution >= 0.6 is 0 Å². The Morgan fingerprint density at radius 1 is 1.07 bits per heavy atom. The topological polar surface area (TPSA) is 91.4 Å². The van der Waals surface area contributed by atoms with Crippen molar-refractivity contribution in [3.05, 3.63) is 59.2 Å². The van der Waals surface area contributed by atoms with E-state index in [1.54, 1.807) is 0 Å². The van der Waals surface area contributed by atoms with Gasteiger partial charge in [0.05, 0.1) is 23.9 Å². The van der Waals surface area contributed by atoms with Crippen LogP contribution in [0.5, 0.6) is 0 Å². The lowest BCUT2D eigenvalue weighted by molar-refractivity contribution is -0.0266. The average Bonchev–Trinajstić information content (AvgIpc) is 3.29. The summed E-state index contributed by atoms with van der Waals surface area (Å²) in [5.74, 6) is -0.427. The van der Waals surface area contributed by atoms with E-state index in [0.717, 1.165) is 41.6 Å². The predicted molar refractivity (Wildman–Crippen MR) is 109 cm³/mol. The molecule has 6 nitrogen and oxygen atoms in total. The number of hydrogen-bond donors (Lipinski definition) is 3. The van der Waals surface area contributed by atoms with Crippen LogP contribution in [0.4, 0.5) is 0 Å². The Labute approximate surface area is 169 Å². The summed E-state index contributed by atoms with van der Waals surface area (Å²) in [5.41, 5.74) is 5.08. The first-order valence-electron chi connectivity index (χ1n) is 10.5. The number of hydrogen-bond acceptors (Lipinski definition) is 5. The lowest BCUT2D eigenvalue weighted by atomic mass is 9.82. The van der Waals surface area contributed by atoms with E-state index in [-0.39, 0.29) is 6.04 Å². The summed E-state index contributed by atoms with van der Waals surface area (Å²) in [6.45, 7) is 1.93. The number of benzene rings is 1. The number of aryl methyl sites for hydroxylation is 2. The monoisotopic (exact) mass is 393 g/mol. The minimum absolute atomic E-state index is 0.337. The van der Waals surface area contributed by atoms with Crippen molar-refractivity contribution in [3.8, 4) is 0 Å². The molecule has 0 spiro atoms. The molecule has 6 heteroatoms. The summed E-state index contributed by atoms with van der Waals surface area (Å²) in [5, 5.41) is 33.8. The van der Waals surface area contributed by atoms with Crippen LogP contribution in [0.1, 0.15) is 53.8 Å². The molecule has 2 heterocycles. The van der Waals surface area contributed by atoms with Gasteiger partial charge in [0.15, 0.2) is 0 Å². The zero-order chi connectivity index (χ0) is 20.1. The molecule has 0 saturated heterocycles. The fourth-order valence-corrected chi connectivity index (χ4v) is 5.32. The van der Waals surface area contributed by atoms with Crippen molar-refractivity contribution in [3.63, 3.8) is 0 Å². The third-order valence-electron chi connectivity index (χ3n) is 6.92. The van der Waals surface area contributed by atoms with E-state index in [0.29, 0.717) is 6.42 Å². The fourth-order valence-electron chi connectivity index (χ4n) is 5.32. The predicted octanol–water partition coefficient (Wildman–Crippen LogP) is 2.63. The second-order valence-corrected chi connectivity index (χ2v) is 8.50. The van der Waals surface area contributed by atoms with Crippen LogP contribution < -0.4 is 0 Å². The SMILES string of the molecule is Cc1ncnc2c1ccn2[C@@H]1C[C@H]([C@@H](O)c2cccc3c2CCCC3)[C@@H](O)[C@H]1O. The maximum Gasteiger partial charge on any atom is 0.143 e. The molecule has 2 aliphatic carbocycles. The Hall–Kier alpha value is -2.28. The summed E-state index contributed by atoms with van der Waals surface area (Å²) in [4.78, 5) is 8.62. The third-order valence-corrected chi connectivity index (χ3v) is 6.92. The molecule has 5 atom stereocenters. The molecule has 1 saturated carbocycles. The number of fused-ring (bicyclic) bond motifs is 2. The molecular formula is C23H27N3O3. The normalized spacial score (nSPS) is 27.9. The van der Waals surface area contributed by atoms with Crippen molar-refractivity contribution in [1.29, 1.82) is 0 Å². The van der Waals surface area contributed by atoms with Crippen molar-refractivity contribution in [2.45, 2.75) is 63.4 Å². The van der Waals surface area contributed by atoms with Crippen LogP contribution in [-0.2, 0) is 12.8 Å². The molecule has 0 aliphatic heterocycles. The zero-order valence-corrected chi connectivity index (χ0v) is 16.6. The lowest BCUT2D eigenvalue weighted by Gasteiger charge is -2.27. The molecule has 2 aliphatic rings. The minimum atomic E-state index is -0.991. The van der Waals surface area contributed by atoms with Crippen LogP contribution in [0.2, 0.25) is 0 Å². The van der Waals surface area contributed by atoms with Crippen molar-refractivity contribution in [2.24, 2.45) is 5.92 Å². The Morgan fingerprint density at radius 2 is 1.90 bits per heavy atom. The fraction of sp³-hybridized carbons (Fsp3) is 0.478. The molecule has 29 heavy (non-hydrogen) atoms. The molecular weight excluding hydrogens is 366 g/mol. The number of nitrogens with zero attached hydrogens (tertiary/aromatic N) is 3. The van der Waals surface area contributed by atoms with E-state index in [4.69, 9.17) is 0 Å². The van der Waals surface area contributed by atoms with Crippen molar-refractivity contribution < 1.29 is 15.3 Å². The van der Waals surface area contributed by atoms with Gasteiger partial charge in [-0.05, 0) is 61.8 Å². The molecule has 0 amide bonds. The maximum atomic E-state index is 11.2. The van der Waals surface area contributed by atoms with Gasteiger partial charge in [-0.25, -0.2) is 9.97 Å². The highest BCUT2D eigenvalue weighted by Crippen LogP contribution is 2.44. The quantitative estimate of drug-likeness (QED) is 0.636. The molecule has 3 N–H and O–H groups in total. The summed E-state index contributed by atoms with van der Waals surface area (Å²) in [6.07, 6.45) is 5.48. The van der Waals surface area contributed by atoms with Gasteiger partial charge in [0.2, 0.25) is 0 Å². The molecule has 5 rings (SSSR count). The van der Waals surface area contributed by atoms with Gasteiger partial charge in [0.1, 0.15) is 18.1 Å². The molecule has 1 fully saturated rings. The van der Waals surface area contributed by atoms with Gasteiger partial charge in [-0.15, -0.1) is 0 Å². The second kappa shape index (κ2) is 7.20. The van der Waals surface area contributed by atoms with Gasteiger partial charge in [-0.2, -0.15) is 0 Å². The molecule has 0 radical (unpaired) electrons. The van der Waals surface area contributed by atoms with E-state index in [2.05, 4.69) is 16.0 Å². The van der Waals surface area contributed by atoms with Gasteiger partial charge >= 0.3 is 0 Å². The molecule has 0 bridgehead atoms.